The van der Waals surface area contributed by atoms with Gasteiger partial charge in [0.25, 0.3) is 0 Å². The standard InChI is InChI=1S/C15H18N2O4/c1-17-9-11(8-13(17)18)14(19)16-12(15(20)21)7-10-5-3-2-4-6-10/h2-6,11-12H,7-9H2,1H3,(H,16,19)(H,20,21)/t11?,12-/m1/s1. The minimum absolute atomic E-state index is 0.0925. The smallest absolute Gasteiger partial charge is 0.326 e. The maximum Gasteiger partial charge on any atom is 0.326 e. The van der Waals surface area contributed by atoms with E-state index in [0.717, 1.165) is 5.56 Å². The molecule has 1 aliphatic heterocycles. The third-order valence-electron chi connectivity index (χ3n) is 3.61. The van der Waals surface area contributed by atoms with Gasteiger partial charge < -0.3 is 15.3 Å². The Morgan fingerprint density at radius 1 is 1.38 bits per heavy atom. The van der Waals surface area contributed by atoms with Crippen LogP contribution in [0.1, 0.15) is 12.0 Å². The Balaban J connectivity index is 1.98. The van der Waals surface area contributed by atoms with Gasteiger partial charge >= 0.3 is 5.97 Å². The van der Waals surface area contributed by atoms with Gasteiger partial charge in [-0.15, -0.1) is 0 Å². The van der Waals surface area contributed by atoms with Crippen LogP contribution in [0.5, 0.6) is 0 Å². The van der Waals surface area contributed by atoms with Crippen LogP contribution < -0.4 is 5.32 Å². The first kappa shape index (κ1) is 15.0. The number of likely N-dealkylation sites (tertiary alicyclic amines) is 1. The van der Waals surface area contributed by atoms with E-state index in [4.69, 9.17) is 0 Å². The highest BCUT2D eigenvalue weighted by Gasteiger charge is 2.34. The number of benzene rings is 1. The lowest BCUT2D eigenvalue weighted by atomic mass is 10.0. The summed E-state index contributed by atoms with van der Waals surface area (Å²) in [6.07, 6.45) is 0.360. The first-order chi connectivity index (χ1) is 9.97. The molecule has 1 unspecified atom stereocenters. The van der Waals surface area contributed by atoms with Crippen LogP contribution in [0.3, 0.4) is 0 Å². The zero-order chi connectivity index (χ0) is 15.4. The van der Waals surface area contributed by atoms with E-state index in [-0.39, 0.29) is 24.7 Å². The van der Waals surface area contributed by atoms with E-state index in [1.165, 1.54) is 4.90 Å². The first-order valence-corrected chi connectivity index (χ1v) is 6.78. The summed E-state index contributed by atoms with van der Waals surface area (Å²) in [4.78, 5) is 36.3. The Morgan fingerprint density at radius 3 is 2.57 bits per heavy atom. The van der Waals surface area contributed by atoms with E-state index in [2.05, 4.69) is 5.32 Å². The van der Waals surface area contributed by atoms with Gasteiger partial charge in [-0.3, -0.25) is 9.59 Å². The Kier molecular flexibility index (Phi) is 4.57. The number of rotatable bonds is 5. The van der Waals surface area contributed by atoms with Gasteiger partial charge in [0.15, 0.2) is 0 Å². The Morgan fingerprint density at radius 2 is 2.05 bits per heavy atom. The second-order valence-electron chi connectivity index (χ2n) is 5.26. The van der Waals surface area contributed by atoms with Gasteiger partial charge in [-0.2, -0.15) is 0 Å². The van der Waals surface area contributed by atoms with Gasteiger partial charge in [0, 0.05) is 26.4 Å². The zero-order valence-electron chi connectivity index (χ0n) is 11.8. The van der Waals surface area contributed by atoms with Crippen molar-refractivity contribution < 1.29 is 19.5 Å². The third kappa shape index (κ3) is 3.81. The maximum atomic E-state index is 12.1. The van der Waals surface area contributed by atoms with Crippen molar-refractivity contribution in [2.24, 2.45) is 5.92 Å². The number of carboxylic acid groups (broad SMARTS) is 1. The summed E-state index contributed by atoms with van der Waals surface area (Å²) in [6.45, 7) is 0.336. The van der Waals surface area contributed by atoms with Crippen molar-refractivity contribution in [3.63, 3.8) is 0 Å². The van der Waals surface area contributed by atoms with Crippen LogP contribution in [0.4, 0.5) is 0 Å². The fraction of sp³-hybridized carbons (Fsp3) is 0.400. The van der Waals surface area contributed by atoms with Crippen molar-refractivity contribution in [2.75, 3.05) is 13.6 Å². The third-order valence-corrected chi connectivity index (χ3v) is 3.61. The molecule has 2 rings (SSSR count). The predicted molar refractivity (Wildman–Crippen MR) is 75.5 cm³/mol. The highest BCUT2D eigenvalue weighted by molar-refractivity contribution is 5.91. The molecule has 2 amide bonds. The Hall–Kier alpha value is -2.37. The Labute approximate surface area is 122 Å². The fourth-order valence-electron chi connectivity index (χ4n) is 2.38. The van der Waals surface area contributed by atoms with Crippen LogP contribution >= 0.6 is 0 Å². The number of nitrogens with zero attached hydrogens (tertiary/aromatic N) is 1. The first-order valence-electron chi connectivity index (χ1n) is 6.78. The Bertz CT molecular complexity index is 544. The maximum absolute atomic E-state index is 12.1. The number of carboxylic acids is 1. The zero-order valence-corrected chi connectivity index (χ0v) is 11.8. The average molecular weight is 290 g/mol. The summed E-state index contributed by atoms with van der Waals surface area (Å²) < 4.78 is 0. The van der Waals surface area contributed by atoms with Crippen molar-refractivity contribution in [2.45, 2.75) is 18.9 Å². The van der Waals surface area contributed by atoms with Gasteiger partial charge in [0.05, 0.1) is 5.92 Å². The van der Waals surface area contributed by atoms with Crippen LogP contribution in [0.15, 0.2) is 30.3 Å². The summed E-state index contributed by atoms with van der Waals surface area (Å²) >= 11 is 0. The van der Waals surface area contributed by atoms with Gasteiger partial charge in [-0.25, -0.2) is 4.79 Å². The van der Waals surface area contributed by atoms with Crippen molar-refractivity contribution in [3.05, 3.63) is 35.9 Å². The quantitative estimate of drug-likeness (QED) is 0.815. The van der Waals surface area contributed by atoms with E-state index in [1.807, 2.05) is 30.3 Å². The molecular weight excluding hydrogens is 272 g/mol. The molecule has 1 fully saturated rings. The van der Waals surface area contributed by atoms with Gasteiger partial charge in [0.2, 0.25) is 11.8 Å². The molecule has 6 nitrogen and oxygen atoms in total. The minimum Gasteiger partial charge on any atom is -0.480 e. The molecule has 0 aliphatic carbocycles. The van der Waals surface area contributed by atoms with Crippen LogP contribution in [-0.2, 0) is 20.8 Å². The minimum atomic E-state index is -1.08. The van der Waals surface area contributed by atoms with Crippen molar-refractivity contribution in [1.29, 1.82) is 0 Å². The predicted octanol–water partition coefficient (Wildman–Crippen LogP) is 0.277. The molecule has 0 spiro atoms. The van der Waals surface area contributed by atoms with Gasteiger partial charge in [-0.1, -0.05) is 30.3 Å². The molecule has 0 bridgehead atoms. The molecular formula is C15H18N2O4. The molecule has 1 aliphatic rings. The summed E-state index contributed by atoms with van der Waals surface area (Å²) in [5.41, 5.74) is 0.838. The second-order valence-corrected chi connectivity index (χ2v) is 5.26. The average Bonchev–Trinajstić information content (AvgIpc) is 2.79. The molecule has 1 aromatic rings. The van der Waals surface area contributed by atoms with E-state index in [1.54, 1.807) is 7.05 Å². The number of amides is 2. The molecule has 0 saturated carbocycles. The summed E-state index contributed by atoms with van der Waals surface area (Å²) in [5.74, 6) is -2.02. The molecule has 0 radical (unpaired) electrons. The summed E-state index contributed by atoms with van der Waals surface area (Å²) in [6, 6.07) is 8.13. The van der Waals surface area contributed by atoms with E-state index >= 15 is 0 Å². The van der Waals surface area contributed by atoms with Crippen LogP contribution in [0, 0.1) is 5.92 Å². The van der Waals surface area contributed by atoms with Gasteiger partial charge in [0.1, 0.15) is 6.04 Å². The number of hydrogen-bond donors (Lipinski definition) is 2. The molecule has 2 N–H and O–H groups in total. The largest absolute Gasteiger partial charge is 0.480 e. The van der Waals surface area contributed by atoms with E-state index < -0.39 is 17.9 Å². The highest BCUT2D eigenvalue weighted by Crippen LogP contribution is 2.16. The van der Waals surface area contributed by atoms with Gasteiger partial charge in [-0.05, 0) is 5.56 Å². The number of hydrogen-bond acceptors (Lipinski definition) is 3. The molecule has 1 aromatic carbocycles. The molecule has 6 heteroatoms. The number of carbonyl (C=O) groups excluding carboxylic acids is 2. The topological polar surface area (TPSA) is 86.7 Å². The lowest BCUT2D eigenvalue weighted by Crippen LogP contribution is -2.45. The van der Waals surface area contributed by atoms with Crippen LogP contribution in [0.25, 0.3) is 0 Å². The lowest BCUT2D eigenvalue weighted by Gasteiger charge is -2.17. The summed E-state index contributed by atoms with van der Waals surface area (Å²) in [5, 5.41) is 11.8. The number of carbonyl (C=O) groups is 3. The normalized spacial score (nSPS) is 19.4. The SMILES string of the molecule is CN1CC(C(=O)N[C@H](Cc2ccccc2)C(=O)O)CC1=O. The monoisotopic (exact) mass is 290 g/mol. The molecule has 21 heavy (non-hydrogen) atoms. The number of aliphatic carboxylic acids is 1. The molecule has 0 aromatic heterocycles. The molecule has 2 atom stereocenters. The highest BCUT2D eigenvalue weighted by atomic mass is 16.4. The second kappa shape index (κ2) is 6.39. The van der Waals surface area contributed by atoms with Crippen LogP contribution in [0.2, 0.25) is 0 Å². The molecule has 112 valence electrons. The van der Waals surface area contributed by atoms with Crippen molar-refractivity contribution in [1.82, 2.24) is 10.2 Å². The van der Waals surface area contributed by atoms with E-state index in [0.29, 0.717) is 6.54 Å². The fourth-order valence-corrected chi connectivity index (χ4v) is 2.38. The van der Waals surface area contributed by atoms with E-state index in [9.17, 15) is 19.5 Å². The van der Waals surface area contributed by atoms with Crippen LogP contribution in [-0.4, -0.2) is 47.4 Å². The molecule has 1 heterocycles. The summed E-state index contributed by atoms with van der Waals surface area (Å²) in [7, 11) is 1.63. The number of nitrogens with one attached hydrogen (secondary N) is 1. The lowest BCUT2D eigenvalue weighted by molar-refractivity contribution is -0.142. The van der Waals surface area contributed by atoms with Crippen molar-refractivity contribution >= 4 is 17.8 Å². The molecule has 1 saturated heterocycles. The van der Waals surface area contributed by atoms with Crippen molar-refractivity contribution in [3.8, 4) is 0 Å².